The van der Waals surface area contributed by atoms with Crippen molar-refractivity contribution in [3.8, 4) is 11.8 Å². The van der Waals surface area contributed by atoms with Gasteiger partial charge in [-0.15, -0.1) is 0 Å². The van der Waals surface area contributed by atoms with Crippen LogP contribution in [0, 0.1) is 23.5 Å². The Balaban J connectivity index is 1.53. The monoisotopic (exact) mass is 494 g/mol. The number of benzene rings is 3. The van der Waals surface area contributed by atoms with Gasteiger partial charge in [0.25, 0.3) is 10.0 Å². The molecule has 0 fully saturated rings. The largest absolute Gasteiger partial charge is 0.277 e. The number of H-pyrrole nitrogens is 1. The van der Waals surface area contributed by atoms with Crippen LogP contribution in [0.15, 0.2) is 71.9 Å². The molecule has 10 heteroatoms. The SMILES string of the molecule is O=S(=O)(Nc1ccc(F)c(C#Cc2cnc3[nH]ncc3c2)c1F)c1cccc2c(Cl)cccc12. The lowest BCUT2D eigenvalue weighted by atomic mass is 10.1. The molecule has 5 rings (SSSR count). The molecule has 2 N–H and O–H groups in total. The minimum absolute atomic E-state index is 0.0941. The molecule has 0 spiro atoms. The summed E-state index contributed by atoms with van der Waals surface area (Å²) in [7, 11) is -4.23. The number of hydrogen-bond donors (Lipinski definition) is 2. The van der Waals surface area contributed by atoms with Crippen molar-refractivity contribution in [3.05, 3.63) is 94.8 Å². The first-order valence-electron chi connectivity index (χ1n) is 9.83. The van der Waals surface area contributed by atoms with Crippen LogP contribution in [0.3, 0.4) is 0 Å². The van der Waals surface area contributed by atoms with Crippen molar-refractivity contribution in [2.24, 2.45) is 0 Å². The maximum atomic E-state index is 15.1. The smallest absolute Gasteiger partial charge is 0.262 e. The van der Waals surface area contributed by atoms with E-state index in [1.54, 1.807) is 36.5 Å². The molecule has 0 unspecified atom stereocenters. The Bertz CT molecular complexity index is 1760. The normalized spacial score (nSPS) is 11.4. The molecule has 0 aliphatic carbocycles. The summed E-state index contributed by atoms with van der Waals surface area (Å²) < 4.78 is 57.9. The molecule has 0 saturated heterocycles. The molecule has 0 aliphatic heterocycles. The quantitative estimate of drug-likeness (QED) is 0.336. The third-order valence-corrected chi connectivity index (χ3v) is 6.83. The average molecular weight is 495 g/mol. The van der Waals surface area contributed by atoms with E-state index >= 15 is 4.39 Å². The summed E-state index contributed by atoms with van der Waals surface area (Å²) in [6.45, 7) is 0. The maximum Gasteiger partial charge on any atom is 0.262 e. The minimum atomic E-state index is -4.23. The highest BCUT2D eigenvalue weighted by Crippen LogP contribution is 2.30. The van der Waals surface area contributed by atoms with Crippen molar-refractivity contribution in [3.63, 3.8) is 0 Å². The topological polar surface area (TPSA) is 87.7 Å². The highest BCUT2D eigenvalue weighted by molar-refractivity contribution is 7.93. The predicted molar refractivity (Wildman–Crippen MR) is 126 cm³/mol. The zero-order valence-corrected chi connectivity index (χ0v) is 18.7. The van der Waals surface area contributed by atoms with Crippen LogP contribution in [0.1, 0.15) is 11.1 Å². The molecule has 2 heterocycles. The van der Waals surface area contributed by atoms with Gasteiger partial charge in [0.05, 0.1) is 22.3 Å². The number of anilines is 1. The summed E-state index contributed by atoms with van der Waals surface area (Å²) in [6.07, 6.45) is 2.98. The number of pyridine rings is 1. The van der Waals surface area contributed by atoms with Gasteiger partial charge in [-0.1, -0.05) is 47.7 Å². The van der Waals surface area contributed by atoms with Gasteiger partial charge >= 0.3 is 0 Å². The van der Waals surface area contributed by atoms with Crippen LogP contribution in [-0.4, -0.2) is 23.6 Å². The first-order valence-corrected chi connectivity index (χ1v) is 11.7. The van der Waals surface area contributed by atoms with Crippen molar-refractivity contribution in [1.82, 2.24) is 15.2 Å². The molecule has 0 aliphatic rings. The number of nitrogens with one attached hydrogen (secondary N) is 2. The summed E-state index contributed by atoms with van der Waals surface area (Å²) in [5.41, 5.74) is -0.0537. The number of halogens is 3. The lowest BCUT2D eigenvalue weighted by molar-refractivity contribution is 0.578. The summed E-state index contributed by atoms with van der Waals surface area (Å²) in [5, 5.41) is 8.51. The van der Waals surface area contributed by atoms with Crippen LogP contribution in [0.25, 0.3) is 21.8 Å². The molecule has 0 bridgehead atoms. The lowest BCUT2D eigenvalue weighted by Gasteiger charge is -2.12. The highest BCUT2D eigenvalue weighted by atomic mass is 35.5. The van der Waals surface area contributed by atoms with Gasteiger partial charge in [0.15, 0.2) is 11.5 Å². The molecule has 0 saturated carbocycles. The van der Waals surface area contributed by atoms with Crippen LogP contribution >= 0.6 is 11.6 Å². The van der Waals surface area contributed by atoms with Crippen molar-refractivity contribution < 1.29 is 17.2 Å². The van der Waals surface area contributed by atoms with E-state index in [-0.39, 0.29) is 4.90 Å². The van der Waals surface area contributed by atoms with Crippen LogP contribution in [0.5, 0.6) is 0 Å². The first kappa shape index (κ1) is 21.8. The fourth-order valence-electron chi connectivity index (χ4n) is 3.46. The van der Waals surface area contributed by atoms with Gasteiger partial charge in [0.1, 0.15) is 5.82 Å². The van der Waals surface area contributed by atoms with E-state index < -0.39 is 32.9 Å². The number of nitrogens with zero attached hydrogens (tertiary/aromatic N) is 2. The Morgan fingerprint density at radius 3 is 2.62 bits per heavy atom. The Morgan fingerprint density at radius 2 is 1.76 bits per heavy atom. The zero-order valence-electron chi connectivity index (χ0n) is 17.1. The van der Waals surface area contributed by atoms with E-state index in [0.29, 0.717) is 32.4 Å². The molecule has 3 aromatic carbocycles. The number of sulfonamides is 1. The van der Waals surface area contributed by atoms with E-state index in [0.717, 1.165) is 12.1 Å². The summed E-state index contributed by atoms with van der Waals surface area (Å²) >= 11 is 6.17. The number of hydrogen-bond acceptors (Lipinski definition) is 4. The second-order valence-electron chi connectivity index (χ2n) is 7.26. The second-order valence-corrected chi connectivity index (χ2v) is 9.32. The molecule has 34 heavy (non-hydrogen) atoms. The molecular formula is C24H13ClF2N4O2S. The standard InChI is InChI=1S/C24H13ClF2N4O2S/c25-19-5-1-4-17-16(19)3-2-6-22(17)34(32,33)31-21-10-9-20(26)18(23(21)27)8-7-14-11-15-13-29-30-24(15)28-12-14/h1-6,9-13,31H,(H,28,29,30). The lowest BCUT2D eigenvalue weighted by Crippen LogP contribution is -2.15. The average Bonchev–Trinajstić information content (AvgIpc) is 3.29. The number of aromatic amines is 1. The molecule has 6 nitrogen and oxygen atoms in total. The fourth-order valence-corrected chi connectivity index (χ4v) is 4.98. The fraction of sp³-hybridized carbons (Fsp3) is 0. The van der Waals surface area contributed by atoms with E-state index in [1.807, 2.05) is 0 Å². The van der Waals surface area contributed by atoms with Gasteiger partial charge in [-0.25, -0.2) is 22.2 Å². The predicted octanol–water partition coefficient (Wildman–Crippen LogP) is 5.24. The summed E-state index contributed by atoms with van der Waals surface area (Å²) in [6, 6.07) is 13.1. The van der Waals surface area contributed by atoms with Gasteiger partial charge < -0.3 is 0 Å². The van der Waals surface area contributed by atoms with E-state index in [1.165, 1.54) is 18.3 Å². The molecule has 2 aromatic heterocycles. The van der Waals surface area contributed by atoms with Gasteiger partial charge in [0, 0.05) is 32.9 Å². The summed E-state index contributed by atoms with van der Waals surface area (Å²) in [5.74, 6) is 3.02. The van der Waals surface area contributed by atoms with Gasteiger partial charge in [0.2, 0.25) is 0 Å². The number of aromatic nitrogens is 3. The first-order chi connectivity index (χ1) is 16.3. The molecule has 0 radical (unpaired) electrons. The number of rotatable bonds is 3. The molecule has 0 atom stereocenters. The Hall–Kier alpha value is -4.00. The third-order valence-electron chi connectivity index (χ3n) is 5.08. The molecular weight excluding hydrogens is 482 g/mol. The number of fused-ring (bicyclic) bond motifs is 2. The van der Waals surface area contributed by atoms with Crippen molar-refractivity contribution >= 4 is 49.1 Å². The molecule has 5 aromatic rings. The van der Waals surface area contributed by atoms with Gasteiger partial charge in [-0.2, -0.15) is 5.10 Å². The van der Waals surface area contributed by atoms with Crippen molar-refractivity contribution in [1.29, 1.82) is 0 Å². The Kier molecular flexibility index (Phi) is 5.40. The third kappa shape index (κ3) is 3.94. The maximum absolute atomic E-state index is 15.1. The summed E-state index contributed by atoms with van der Waals surface area (Å²) in [4.78, 5) is 4.03. The van der Waals surface area contributed by atoms with Crippen LogP contribution in [0.4, 0.5) is 14.5 Å². The van der Waals surface area contributed by atoms with E-state index in [4.69, 9.17) is 11.6 Å². The van der Waals surface area contributed by atoms with Crippen molar-refractivity contribution in [2.45, 2.75) is 4.90 Å². The van der Waals surface area contributed by atoms with Gasteiger partial charge in [-0.3, -0.25) is 9.82 Å². The van der Waals surface area contributed by atoms with E-state index in [9.17, 15) is 12.8 Å². The van der Waals surface area contributed by atoms with Crippen LogP contribution in [0.2, 0.25) is 5.02 Å². The van der Waals surface area contributed by atoms with Crippen LogP contribution in [-0.2, 0) is 10.0 Å². The van der Waals surface area contributed by atoms with Crippen LogP contribution < -0.4 is 4.72 Å². The molecule has 0 amide bonds. The van der Waals surface area contributed by atoms with Gasteiger partial charge in [-0.05, 0) is 30.3 Å². The van der Waals surface area contributed by atoms with E-state index in [2.05, 4.69) is 31.7 Å². The minimum Gasteiger partial charge on any atom is -0.277 e. The van der Waals surface area contributed by atoms with Crippen molar-refractivity contribution in [2.75, 3.05) is 4.72 Å². The highest BCUT2D eigenvalue weighted by Gasteiger charge is 2.21. The Morgan fingerprint density at radius 1 is 0.971 bits per heavy atom. The molecule has 168 valence electrons. The zero-order chi connectivity index (χ0) is 23.9. The second kappa shape index (κ2) is 8.41. The Labute approximate surface area is 197 Å².